The maximum absolute atomic E-state index is 12.3. The third-order valence-corrected chi connectivity index (χ3v) is 3.33. The van der Waals surface area contributed by atoms with Gasteiger partial charge in [-0.2, -0.15) is 0 Å². The van der Waals surface area contributed by atoms with Gasteiger partial charge in [0.1, 0.15) is 5.75 Å². The van der Waals surface area contributed by atoms with Crippen LogP contribution >= 0.6 is 0 Å². The minimum absolute atomic E-state index is 0.366. The topological polar surface area (TPSA) is 79.4 Å². The number of benzene rings is 1. The van der Waals surface area contributed by atoms with Gasteiger partial charge < -0.3 is 20.3 Å². The molecule has 0 atom stereocenters. The van der Waals surface area contributed by atoms with E-state index in [1.165, 1.54) is 0 Å². The average Bonchev–Trinajstić information content (AvgIpc) is 2.52. The largest absolute Gasteiger partial charge is 0.492 e. The van der Waals surface area contributed by atoms with Crippen molar-refractivity contribution in [1.29, 1.82) is 0 Å². The number of aromatic nitrogens is 2. The van der Waals surface area contributed by atoms with Crippen molar-refractivity contribution in [1.82, 2.24) is 9.97 Å². The molecule has 0 bridgehead atoms. The Labute approximate surface area is 142 Å². The van der Waals surface area contributed by atoms with Crippen LogP contribution in [0.2, 0.25) is 0 Å². The highest BCUT2D eigenvalue weighted by Gasteiger charge is 2.13. The first-order valence-corrected chi connectivity index (χ1v) is 7.74. The van der Waals surface area contributed by atoms with E-state index in [1.54, 1.807) is 6.07 Å². The molecule has 7 heteroatoms. The summed E-state index contributed by atoms with van der Waals surface area (Å²) in [5, 5.41) is 5.61. The molecule has 0 saturated heterocycles. The molecule has 0 aliphatic heterocycles. The van der Waals surface area contributed by atoms with Crippen LogP contribution < -0.4 is 20.3 Å². The van der Waals surface area contributed by atoms with Crippen LogP contribution in [0.3, 0.4) is 0 Å². The lowest BCUT2D eigenvalue weighted by Crippen LogP contribution is -2.22. The van der Waals surface area contributed by atoms with E-state index in [-0.39, 0.29) is 6.03 Å². The predicted octanol–water partition coefficient (Wildman–Crippen LogP) is 3.20. The summed E-state index contributed by atoms with van der Waals surface area (Å²) in [6.45, 7) is 6.10. The van der Waals surface area contributed by atoms with Crippen molar-refractivity contribution in [3.63, 3.8) is 0 Å². The highest BCUT2D eigenvalue weighted by molar-refractivity contribution is 6.01. The van der Waals surface area contributed by atoms with E-state index in [9.17, 15) is 4.79 Å². The summed E-state index contributed by atoms with van der Waals surface area (Å²) in [6, 6.07) is 6.93. The van der Waals surface area contributed by atoms with Crippen LogP contribution in [-0.2, 0) is 0 Å². The Balaban J connectivity index is 2.16. The van der Waals surface area contributed by atoms with Gasteiger partial charge in [0, 0.05) is 14.1 Å². The first kappa shape index (κ1) is 17.5. The Morgan fingerprint density at radius 2 is 1.75 bits per heavy atom. The second-order valence-electron chi connectivity index (χ2n) is 5.47. The number of urea groups is 1. The van der Waals surface area contributed by atoms with Crippen molar-refractivity contribution in [2.24, 2.45) is 0 Å². The molecule has 128 valence electrons. The Hall–Kier alpha value is -2.83. The molecule has 0 aliphatic rings. The summed E-state index contributed by atoms with van der Waals surface area (Å²) in [4.78, 5) is 22.9. The van der Waals surface area contributed by atoms with E-state index in [0.29, 0.717) is 41.1 Å². The monoisotopic (exact) mass is 329 g/mol. The lowest BCUT2D eigenvalue weighted by atomic mass is 10.2. The number of ether oxygens (including phenoxy) is 1. The van der Waals surface area contributed by atoms with E-state index >= 15 is 0 Å². The van der Waals surface area contributed by atoms with Crippen LogP contribution in [0.1, 0.15) is 18.3 Å². The number of hydrogen-bond acceptors (Lipinski definition) is 5. The van der Waals surface area contributed by atoms with E-state index in [4.69, 9.17) is 4.74 Å². The van der Waals surface area contributed by atoms with Crippen molar-refractivity contribution >= 4 is 23.4 Å². The average molecular weight is 329 g/mol. The number of para-hydroxylation sites is 2. The van der Waals surface area contributed by atoms with Crippen molar-refractivity contribution in [3.8, 4) is 5.75 Å². The van der Waals surface area contributed by atoms with Crippen molar-refractivity contribution < 1.29 is 9.53 Å². The molecule has 2 rings (SSSR count). The molecule has 7 nitrogen and oxygen atoms in total. The highest BCUT2D eigenvalue weighted by atomic mass is 16.5. The summed E-state index contributed by atoms with van der Waals surface area (Å²) in [5.74, 6) is 1.24. The van der Waals surface area contributed by atoms with Gasteiger partial charge >= 0.3 is 6.03 Å². The molecule has 2 amide bonds. The molecule has 0 unspecified atom stereocenters. The van der Waals surface area contributed by atoms with Gasteiger partial charge in [0.05, 0.1) is 29.4 Å². The number of carbonyl (C=O) groups is 1. The molecule has 0 radical (unpaired) electrons. The number of amides is 2. The Bertz CT molecular complexity index is 708. The fourth-order valence-electron chi connectivity index (χ4n) is 2.20. The van der Waals surface area contributed by atoms with Crippen LogP contribution in [0.4, 0.5) is 22.1 Å². The van der Waals surface area contributed by atoms with Crippen molar-refractivity contribution in [2.75, 3.05) is 36.2 Å². The number of hydrogen-bond donors (Lipinski definition) is 2. The van der Waals surface area contributed by atoms with Crippen LogP contribution in [0.25, 0.3) is 0 Å². The molecule has 2 N–H and O–H groups in total. The van der Waals surface area contributed by atoms with Crippen LogP contribution in [0.15, 0.2) is 24.3 Å². The second-order valence-corrected chi connectivity index (χ2v) is 5.47. The molecule has 0 fully saturated rings. The zero-order valence-electron chi connectivity index (χ0n) is 14.7. The van der Waals surface area contributed by atoms with Crippen LogP contribution in [0, 0.1) is 13.8 Å². The zero-order chi connectivity index (χ0) is 17.7. The molecule has 0 aliphatic carbocycles. The minimum Gasteiger partial charge on any atom is -0.492 e. The number of nitrogens with one attached hydrogen (secondary N) is 2. The molecule has 0 saturated carbocycles. The van der Waals surface area contributed by atoms with E-state index in [1.807, 2.05) is 58.0 Å². The third kappa shape index (κ3) is 4.13. The molecule has 1 heterocycles. The van der Waals surface area contributed by atoms with Gasteiger partial charge in [-0.15, -0.1) is 0 Å². The van der Waals surface area contributed by atoms with E-state index in [0.717, 1.165) is 0 Å². The van der Waals surface area contributed by atoms with Gasteiger partial charge in [-0.3, -0.25) is 0 Å². The minimum atomic E-state index is -0.366. The first-order chi connectivity index (χ1) is 11.4. The Morgan fingerprint density at radius 1 is 1.12 bits per heavy atom. The summed E-state index contributed by atoms with van der Waals surface area (Å²) in [6.07, 6.45) is 0. The third-order valence-electron chi connectivity index (χ3n) is 3.33. The van der Waals surface area contributed by atoms with Crippen LogP contribution in [-0.4, -0.2) is 36.7 Å². The first-order valence-electron chi connectivity index (χ1n) is 7.74. The quantitative estimate of drug-likeness (QED) is 0.880. The van der Waals surface area contributed by atoms with Gasteiger partial charge in [-0.25, -0.2) is 14.8 Å². The molecular formula is C17H23N5O2. The normalized spacial score (nSPS) is 10.2. The predicted molar refractivity (Wildman–Crippen MR) is 96.1 cm³/mol. The van der Waals surface area contributed by atoms with Gasteiger partial charge in [0.25, 0.3) is 0 Å². The fourth-order valence-corrected chi connectivity index (χ4v) is 2.20. The smallest absolute Gasteiger partial charge is 0.323 e. The van der Waals surface area contributed by atoms with Crippen LogP contribution in [0.5, 0.6) is 5.75 Å². The Kier molecular flexibility index (Phi) is 5.57. The number of nitrogens with zero attached hydrogens (tertiary/aromatic N) is 3. The molecular weight excluding hydrogens is 306 g/mol. The molecule has 2 aromatic rings. The van der Waals surface area contributed by atoms with Crippen molar-refractivity contribution in [2.45, 2.75) is 20.8 Å². The van der Waals surface area contributed by atoms with Crippen molar-refractivity contribution in [3.05, 3.63) is 35.7 Å². The summed E-state index contributed by atoms with van der Waals surface area (Å²) < 4.78 is 5.50. The Morgan fingerprint density at radius 3 is 2.33 bits per heavy atom. The number of anilines is 3. The van der Waals surface area contributed by atoms with Gasteiger partial charge in [0.2, 0.25) is 5.95 Å². The van der Waals surface area contributed by atoms with Gasteiger partial charge in [-0.05, 0) is 32.9 Å². The van der Waals surface area contributed by atoms with Gasteiger partial charge in [-0.1, -0.05) is 12.1 Å². The molecule has 1 aromatic carbocycles. The maximum atomic E-state index is 12.3. The van der Waals surface area contributed by atoms with Gasteiger partial charge in [0.15, 0.2) is 0 Å². The zero-order valence-corrected chi connectivity index (χ0v) is 14.7. The second kappa shape index (κ2) is 7.63. The lowest BCUT2D eigenvalue weighted by Gasteiger charge is -2.16. The van der Waals surface area contributed by atoms with E-state index < -0.39 is 0 Å². The fraction of sp³-hybridized carbons (Fsp3) is 0.353. The summed E-state index contributed by atoms with van der Waals surface area (Å²) in [7, 11) is 3.75. The maximum Gasteiger partial charge on any atom is 0.323 e. The highest BCUT2D eigenvalue weighted by Crippen LogP contribution is 2.25. The molecule has 1 aromatic heterocycles. The standard InChI is InChI=1S/C17H23N5O2/c1-6-24-14-10-8-7-9-13(14)20-17(23)21-15-11(2)18-16(22(4)5)19-12(15)3/h7-10H,6H2,1-5H3,(H2,20,21,23). The molecule has 0 spiro atoms. The molecule has 24 heavy (non-hydrogen) atoms. The summed E-state index contributed by atoms with van der Waals surface area (Å²) in [5.41, 5.74) is 2.63. The van der Waals surface area contributed by atoms with E-state index in [2.05, 4.69) is 20.6 Å². The number of carbonyl (C=O) groups excluding carboxylic acids is 1. The SMILES string of the molecule is CCOc1ccccc1NC(=O)Nc1c(C)nc(N(C)C)nc1C. The number of rotatable bonds is 5. The number of aryl methyl sites for hydroxylation is 2. The summed E-state index contributed by atoms with van der Waals surface area (Å²) >= 11 is 0. The lowest BCUT2D eigenvalue weighted by molar-refractivity contribution is 0.262.